The molecule has 0 aliphatic carbocycles. The first-order valence-electron chi connectivity index (χ1n) is 4.51. The summed E-state index contributed by atoms with van der Waals surface area (Å²) in [5.74, 6) is 0.703. The van der Waals surface area contributed by atoms with E-state index < -0.39 is 0 Å². The van der Waals surface area contributed by atoms with Gasteiger partial charge in [-0.2, -0.15) is 0 Å². The summed E-state index contributed by atoms with van der Waals surface area (Å²) in [6.07, 6.45) is 0. The van der Waals surface area contributed by atoms with Gasteiger partial charge in [-0.1, -0.05) is 35.5 Å². The van der Waals surface area contributed by atoms with Gasteiger partial charge in [0.15, 0.2) is 5.76 Å². The number of nitrogens with zero attached hydrogens (tertiary/aromatic N) is 1. The molecule has 0 spiro atoms. The second-order valence-corrected chi connectivity index (χ2v) is 3.26. The predicted molar refractivity (Wildman–Crippen MR) is 53.7 cm³/mol. The molecule has 1 heterocycles. The molecule has 0 fully saturated rings. The normalized spacial score (nSPS) is 12.7. The van der Waals surface area contributed by atoms with Gasteiger partial charge in [0.2, 0.25) is 0 Å². The highest BCUT2D eigenvalue weighted by molar-refractivity contribution is 5.25. The van der Waals surface area contributed by atoms with E-state index in [0.717, 1.165) is 11.3 Å². The number of aromatic nitrogens is 1. The van der Waals surface area contributed by atoms with Crippen LogP contribution in [0.4, 0.5) is 0 Å². The zero-order valence-corrected chi connectivity index (χ0v) is 7.97. The summed E-state index contributed by atoms with van der Waals surface area (Å²) < 4.78 is 5.11. The topological polar surface area (TPSA) is 52.0 Å². The van der Waals surface area contributed by atoms with Gasteiger partial charge in [0, 0.05) is 6.07 Å². The third-order valence-electron chi connectivity index (χ3n) is 2.11. The molecule has 2 aromatic rings. The van der Waals surface area contributed by atoms with Crippen LogP contribution < -0.4 is 5.73 Å². The van der Waals surface area contributed by atoms with Gasteiger partial charge in [-0.3, -0.25) is 0 Å². The van der Waals surface area contributed by atoms with Crippen molar-refractivity contribution >= 4 is 0 Å². The molecule has 1 aromatic heterocycles. The smallest absolute Gasteiger partial charge is 0.158 e. The van der Waals surface area contributed by atoms with Crippen molar-refractivity contribution in [2.45, 2.75) is 13.0 Å². The molecule has 1 atom stereocenters. The number of hydrogen-bond donors (Lipinski definition) is 1. The van der Waals surface area contributed by atoms with Crippen LogP contribution >= 0.6 is 0 Å². The molecule has 2 N–H and O–H groups in total. The molecule has 0 saturated heterocycles. The maximum absolute atomic E-state index is 6.00. The Kier molecular flexibility index (Phi) is 2.33. The van der Waals surface area contributed by atoms with Crippen LogP contribution in [0.3, 0.4) is 0 Å². The lowest BCUT2D eigenvalue weighted by Crippen LogP contribution is -2.10. The summed E-state index contributed by atoms with van der Waals surface area (Å²) in [5.41, 5.74) is 7.88. The van der Waals surface area contributed by atoms with Gasteiger partial charge in [-0.15, -0.1) is 0 Å². The highest BCUT2D eigenvalue weighted by Gasteiger charge is 2.12. The van der Waals surface area contributed by atoms with Gasteiger partial charge in [0.1, 0.15) is 0 Å². The van der Waals surface area contributed by atoms with Crippen molar-refractivity contribution in [3.63, 3.8) is 0 Å². The monoisotopic (exact) mass is 188 g/mol. The van der Waals surface area contributed by atoms with Gasteiger partial charge >= 0.3 is 0 Å². The summed E-state index contributed by atoms with van der Waals surface area (Å²) >= 11 is 0. The predicted octanol–water partition coefficient (Wildman–Crippen LogP) is 2.03. The third-order valence-corrected chi connectivity index (χ3v) is 2.11. The van der Waals surface area contributed by atoms with Gasteiger partial charge in [0.25, 0.3) is 0 Å². The Morgan fingerprint density at radius 1 is 1.29 bits per heavy atom. The Morgan fingerprint density at radius 3 is 2.57 bits per heavy atom. The first-order valence-corrected chi connectivity index (χ1v) is 4.51. The van der Waals surface area contributed by atoms with E-state index >= 15 is 0 Å². The van der Waals surface area contributed by atoms with Crippen LogP contribution in [0.15, 0.2) is 40.9 Å². The zero-order chi connectivity index (χ0) is 9.97. The largest absolute Gasteiger partial charge is 0.359 e. The number of benzene rings is 1. The lowest BCUT2D eigenvalue weighted by molar-refractivity contribution is 0.369. The first kappa shape index (κ1) is 8.97. The van der Waals surface area contributed by atoms with Crippen molar-refractivity contribution in [3.8, 4) is 0 Å². The molecule has 0 bridgehead atoms. The van der Waals surface area contributed by atoms with E-state index in [0.29, 0.717) is 5.76 Å². The fraction of sp³-hybridized carbons (Fsp3) is 0.182. The second-order valence-electron chi connectivity index (χ2n) is 3.26. The minimum absolute atomic E-state index is 0.225. The van der Waals surface area contributed by atoms with Crippen LogP contribution in [-0.2, 0) is 0 Å². The first-order chi connectivity index (χ1) is 6.77. The van der Waals surface area contributed by atoms with Crippen LogP contribution in [0, 0.1) is 6.92 Å². The molecule has 1 unspecified atom stereocenters. The molecule has 3 heteroatoms. The van der Waals surface area contributed by atoms with Crippen molar-refractivity contribution in [2.75, 3.05) is 0 Å². The van der Waals surface area contributed by atoms with E-state index in [4.69, 9.17) is 10.3 Å². The van der Waals surface area contributed by atoms with E-state index in [1.807, 2.05) is 43.3 Å². The van der Waals surface area contributed by atoms with E-state index in [-0.39, 0.29) is 6.04 Å². The summed E-state index contributed by atoms with van der Waals surface area (Å²) in [7, 11) is 0. The quantitative estimate of drug-likeness (QED) is 0.784. The van der Waals surface area contributed by atoms with Crippen molar-refractivity contribution < 1.29 is 4.52 Å². The SMILES string of the molecule is Cc1cc(C(N)c2ccccc2)on1. The zero-order valence-electron chi connectivity index (χ0n) is 7.97. The summed E-state index contributed by atoms with van der Waals surface area (Å²) in [6, 6.07) is 11.5. The maximum Gasteiger partial charge on any atom is 0.158 e. The Balaban J connectivity index is 2.29. The molecule has 2 rings (SSSR count). The molecular weight excluding hydrogens is 176 g/mol. The Hall–Kier alpha value is -1.61. The van der Waals surface area contributed by atoms with Gasteiger partial charge < -0.3 is 10.3 Å². The van der Waals surface area contributed by atoms with E-state index in [1.165, 1.54) is 0 Å². The van der Waals surface area contributed by atoms with E-state index in [1.54, 1.807) is 0 Å². The summed E-state index contributed by atoms with van der Waals surface area (Å²) in [6.45, 7) is 1.88. The van der Waals surface area contributed by atoms with Crippen LogP contribution in [0.5, 0.6) is 0 Å². The molecule has 0 aliphatic rings. The van der Waals surface area contributed by atoms with Gasteiger partial charge in [-0.05, 0) is 12.5 Å². The molecule has 0 aliphatic heterocycles. The average Bonchev–Trinajstić information content (AvgIpc) is 2.65. The minimum atomic E-state index is -0.225. The van der Waals surface area contributed by atoms with Gasteiger partial charge in [-0.25, -0.2) is 0 Å². The van der Waals surface area contributed by atoms with E-state index in [2.05, 4.69) is 5.16 Å². The van der Waals surface area contributed by atoms with Crippen LogP contribution in [0.1, 0.15) is 23.1 Å². The molecule has 72 valence electrons. The summed E-state index contributed by atoms with van der Waals surface area (Å²) in [5, 5.41) is 3.81. The Labute approximate surface area is 82.5 Å². The van der Waals surface area contributed by atoms with Crippen LogP contribution in [0.25, 0.3) is 0 Å². The average molecular weight is 188 g/mol. The lowest BCUT2D eigenvalue weighted by atomic mass is 10.1. The molecule has 1 aromatic carbocycles. The highest BCUT2D eigenvalue weighted by atomic mass is 16.5. The molecule has 0 saturated carbocycles. The van der Waals surface area contributed by atoms with Crippen molar-refractivity contribution in [1.82, 2.24) is 5.16 Å². The van der Waals surface area contributed by atoms with Crippen molar-refractivity contribution in [2.24, 2.45) is 5.73 Å². The maximum atomic E-state index is 6.00. The van der Waals surface area contributed by atoms with Gasteiger partial charge in [0.05, 0.1) is 11.7 Å². The van der Waals surface area contributed by atoms with Crippen LogP contribution in [-0.4, -0.2) is 5.16 Å². The Bertz CT molecular complexity index is 408. The molecule has 0 amide bonds. The fourth-order valence-corrected chi connectivity index (χ4v) is 1.35. The van der Waals surface area contributed by atoms with Crippen molar-refractivity contribution in [3.05, 3.63) is 53.4 Å². The molecule has 3 nitrogen and oxygen atoms in total. The number of nitrogens with two attached hydrogens (primary N) is 1. The minimum Gasteiger partial charge on any atom is -0.359 e. The lowest BCUT2D eigenvalue weighted by Gasteiger charge is -2.06. The third kappa shape index (κ3) is 1.67. The number of rotatable bonds is 2. The second kappa shape index (κ2) is 3.64. The molecule has 14 heavy (non-hydrogen) atoms. The number of aryl methyl sites for hydroxylation is 1. The fourth-order valence-electron chi connectivity index (χ4n) is 1.35. The number of hydrogen-bond acceptors (Lipinski definition) is 3. The standard InChI is InChI=1S/C11H12N2O/c1-8-7-10(14-13-8)11(12)9-5-3-2-4-6-9/h2-7,11H,12H2,1H3. The molecule has 0 radical (unpaired) electrons. The molecular formula is C11H12N2O. The Morgan fingerprint density at radius 2 is 2.00 bits per heavy atom. The summed E-state index contributed by atoms with van der Waals surface area (Å²) in [4.78, 5) is 0. The van der Waals surface area contributed by atoms with Crippen molar-refractivity contribution in [1.29, 1.82) is 0 Å². The van der Waals surface area contributed by atoms with E-state index in [9.17, 15) is 0 Å². The highest BCUT2D eigenvalue weighted by Crippen LogP contribution is 2.19. The van der Waals surface area contributed by atoms with Crippen LogP contribution in [0.2, 0.25) is 0 Å².